The number of nitrogens with zero attached hydrogens (tertiary/aromatic N) is 5. The number of nitrogens with one attached hydrogen (secondary N) is 1. The Hall–Kier alpha value is -3.67. The molecule has 40 heavy (non-hydrogen) atoms. The Morgan fingerprint density at radius 3 is 2.70 bits per heavy atom. The molecule has 1 saturated heterocycles. The molecule has 0 aliphatic carbocycles. The van der Waals surface area contributed by atoms with Crippen molar-refractivity contribution in [1.82, 2.24) is 24.8 Å². The number of benzene rings is 1. The summed E-state index contributed by atoms with van der Waals surface area (Å²) in [6.45, 7) is 4.94. The zero-order chi connectivity index (χ0) is 29.3. The Balaban J connectivity index is 1.61. The second kappa shape index (κ2) is 11.1. The zero-order valence-corrected chi connectivity index (χ0v) is 23.0. The first-order valence-corrected chi connectivity index (χ1v) is 13.8. The molecule has 14 nitrogen and oxygen atoms in total. The number of rotatable bonds is 10. The van der Waals surface area contributed by atoms with Crippen molar-refractivity contribution in [2.75, 3.05) is 12.3 Å². The van der Waals surface area contributed by atoms with Crippen LogP contribution in [0.4, 0.5) is 10.2 Å². The topological polar surface area (TPSA) is 197 Å². The summed E-state index contributed by atoms with van der Waals surface area (Å²) in [5.41, 5.74) is 0.553. The van der Waals surface area contributed by atoms with Crippen LogP contribution in [0.1, 0.15) is 27.7 Å². The van der Waals surface area contributed by atoms with Gasteiger partial charge in [0.1, 0.15) is 42.2 Å². The minimum absolute atomic E-state index is 0.0102. The molecule has 3 heterocycles. The van der Waals surface area contributed by atoms with Gasteiger partial charge in [0.05, 0.1) is 24.3 Å². The lowest BCUT2D eigenvalue weighted by atomic mass is 9.90. The molecule has 0 spiro atoms. The molecule has 1 fully saturated rings. The van der Waals surface area contributed by atoms with Crippen molar-refractivity contribution >= 4 is 30.6 Å². The molecule has 2 aromatic heterocycles. The van der Waals surface area contributed by atoms with E-state index in [9.17, 15) is 19.7 Å². The van der Waals surface area contributed by atoms with Crippen molar-refractivity contribution in [2.45, 2.75) is 63.4 Å². The SMILES string of the molecule is CC(C)OC(=O)[C@H](C)N[P@@](=O)(OC[C@H]1O[C@@](C#N)(n2ncc3c(N)ncnc32)[C@](C)(F)[C@@H]1O)Oc1ccccc1. The number of esters is 1. The summed E-state index contributed by atoms with van der Waals surface area (Å²) in [4.78, 5) is 20.3. The summed E-state index contributed by atoms with van der Waals surface area (Å²) >= 11 is 0. The number of nitrogen functional groups attached to an aromatic ring is 1. The van der Waals surface area contributed by atoms with Gasteiger partial charge >= 0.3 is 13.7 Å². The molecule has 16 heteroatoms. The second-order valence-electron chi connectivity index (χ2n) is 9.52. The van der Waals surface area contributed by atoms with Crippen molar-refractivity contribution in [3.63, 3.8) is 0 Å². The van der Waals surface area contributed by atoms with Gasteiger partial charge in [0.2, 0.25) is 0 Å². The third-order valence-electron chi connectivity index (χ3n) is 6.17. The van der Waals surface area contributed by atoms with Crippen molar-refractivity contribution in [3.8, 4) is 11.8 Å². The molecule has 0 radical (unpaired) electrons. The number of carbonyl (C=O) groups excluding carboxylic acids is 1. The summed E-state index contributed by atoms with van der Waals surface area (Å²) in [6.07, 6.45) is -1.59. The number of halogens is 1. The molecule has 0 bridgehead atoms. The van der Waals surface area contributed by atoms with Gasteiger partial charge in [-0.1, -0.05) is 18.2 Å². The van der Waals surface area contributed by atoms with Crippen LogP contribution in [-0.2, 0) is 29.1 Å². The van der Waals surface area contributed by atoms with Crippen LogP contribution in [-0.4, -0.2) is 67.5 Å². The highest BCUT2D eigenvalue weighted by Gasteiger charge is 2.68. The van der Waals surface area contributed by atoms with E-state index in [1.54, 1.807) is 38.1 Å². The van der Waals surface area contributed by atoms with Crippen molar-refractivity contribution < 1.29 is 37.4 Å². The summed E-state index contributed by atoms with van der Waals surface area (Å²) in [5, 5.41) is 27.8. The van der Waals surface area contributed by atoms with Gasteiger partial charge in [0.15, 0.2) is 11.3 Å². The number of carbonyl (C=O) groups is 1. The lowest BCUT2D eigenvalue weighted by Gasteiger charge is -2.31. The third kappa shape index (κ3) is 5.36. The van der Waals surface area contributed by atoms with E-state index in [1.165, 1.54) is 25.3 Å². The largest absolute Gasteiger partial charge is 0.462 e. The molecule has 0 amide bonds. The number of aliphatic hydroxyl groups is 1. The number of alkyl halides is 1. The normalized spacial score (nSPS) is 26.8. The Morgan fingerprint density at radius 1 is 1.35 bits per heavy atom. The summed E-state index contributed by atoms with van der Waals surface area (Å²) < 4.78 is 52.9. The van der Waals surface area contributed by atoms with E-state index in [0.29, 0.717) is 0 Å². The molecule has 0 unspecified atom stereocenters. The van der Waals surface area contributed by atoms with Crippen molar-refractivity contribution in [1.29, 1.82) is 5.26 Å². The summed E-state index contributed by atoms with van der Waals surface area (Å²) in [7, 11) is -4.38. The molecular formula is C24H29FN7O7P. The number of hydrogen-bond donors (Lipinski definition) is 3. The molecule has 4 rings (SSSR count). The molecule has 0 saturated carbocycles. The Morgan fingerprint density at radius 2 is 2.05 bits per heavy atom. The molecule has 1 aromatic carbocycles. The number of aliphatic hydroxyl groups excluding tert-OH is 1. The van der Waals surface area contributed by atoms with Gasteiger partial charge in [-0.2, -0.15) is 20.1 Å². The highest BCUT2D eigenvalue weighted by atomic mass is 31.2. The van der Waals surface area contributed by atoms with Crippen LogP contribution in [0.2, 0.25) is 0 Å². The fourth-order valence-electron chi connectivity index (χ4n) is 4.11. The van der Waals surface area contributed by atoms with Crippen LogP contribution in [0.25, 0.3) is 11.0 Å². The van der Waals surface area contributed by atoms with E-state index >= 15 is 4.39 Å². The van der Waals surface area contributed by atoms with Gasteiger partial charge < -0.3 is 24.8 Å². The first kappa shape index (κ1) is 29.3. The van der Waals surface area contributed by atoms with E-state index in [-0.39, 0.29) is 22.6 Å². The summed E-state index contributed by atoms with van der Waals surface area (Å²) in [6, 6.07) is 8.58. The smallest absolute Gasteiger partial charge is 0.459 e. The fourth-order valence-corrected chi connectivity index (χ4v) is 5.61. The van der Waals surface area contributed by atoms with Gasteiger partial charge in [0.25, 0.3) is 5.72 Å². The maximum atomic E-state index is 16.2. The van der Waals surface area contributed by atoms with Crippen LogP contribution in [0.15, 0.2) is 42.9 Å². The molecule has 3 aromatic rings. The summed E-state index contributed by atoms with van der Waals surface area (Å²) in [5.74, 6) is -0.546. The Kier molecular flexibility index (Phi) is 8.11. The number of nitrogens with two attached hydrogens (primary N) is 1. The highest BCUT2D eigenvalue weighted by molar-refractivity contribution is 7.52. The highest BCUT2D eigenvalue weighted by Crippen LogP contribution is 2.50. The maximum Gasteiger partial charge on any atom is 0.459 e. The van der Waals surface area contributed by atoms with E-state index in [2.05, 4.69) is 20.2 Å². The monoisotopic (exact) mass is 577 g/mol. The number of hydrogen-bond acceptors (Lipinski definition) is 12. The Labute approximate surface area is 228 Å². The van der Waals surface area contributed by atoms with Gasteiger partial charge in [-0.25, -0.2) is 18.9 Å². The van der Waals surface area contributed by atoms with E-state index < -0.39 is 56.1 Å². The molecule has 4 N–H and O–H groups in total. The zero-order valence-electron chi connectivity index (χ0n) is 22.1. The predicted molar refractivity (Wildman–Crippen MR) is 138 cm³/mol. The van der Waals surface area contributed by atoms with Crippen LogP contribution in [0, 0.1) is 11.3 Å². The molecule has 1 aliphatic rings. The van der Waals surface area contributed by atoms with Crippen LogP contribution >= 0.6 is 7.75 Å². The lowest BCUT2D eigenvalue weighted by molar-refractivity contribution is -0.149. The van der Waals surface area contributed by atoms with Gasteiger partial charge in [-0.15, -0.1) is 0 Å². The van der Waals surface area contributed by atoms with E-state index in [4.69, 9.17) is 24.3 Å². The van der Waals surface area contributed by atoms with Crippen LogP contribution in [0.5, 0.6) is 5.75 Å². The molecule has 6 atom stereocenters. The number of aromatic nitrogens is 4. The number of anilines is 1. The van der Waals surface area contributed by atoms with Gasteiger partial charge in [0, 0.05) is 0 Å². The fraction of sp³-hybridized carbons (Fsp3) is 0.458. The van der Waals surface area contributed by atoms with Crippen LogP contribution in [0.3, 0.4) is 0 Å². The Bertz CT molecular complexity index is 1460. The average Bonchev–Trinajstić information content (AvgIpc) is 3.41. The minimum atomic E-state index is -4.38. The van der Waals surface area contributed by atoms with Crippen molar-refractivity contribution in [3.05, 3.63) is 42.9 Å². The maximum absolute atomic E-state index is 16.2. The number of fused-ring (bicyclic) bond motifs is 1. The number of ether oxygens (including phenoxy) is 2. The molecule has 214 valence electrons. The number of nitriles is 1. The molecular weight excluding hydrogens is 548 g/mol. The first-order chi connectivity index (χ1) is 18.8. The van der Waals surface area contributed by atoms with E-state index in [1.807, 2.05) is 0 Å². The molecule has 1 aliphatic heterocycles. The van der Waals surface area contributed by atoms with Gasteiger partial charge in [-0.05, 0) is 39.8 Å². The second-order valence-corrected chi connectivity index (χ2v) is 11.2. The lowest BCUT2D eigenvalue weighted by Crippen LogP contribution is -2.52. The van der Waals surface area contributed by atoms with Gasteiger partial charge in [-0.3, -0.25) is 9.32 Å². The first-order valence-electron chi connectivity index (χ1n) is 12.2. The minimum Gasteiger partial charge on any atom is -0.462 e. The standard InChI is InChI=1S/C24H29FN7O7P/c1-14(2)37-22(34)15(3)31-40(35,39-16-8-6-5-7-9-16)36-11-18-19(33)23(4,25)24(12-26,38-18)32-21-17(10-30-32)20(27)28-13-29-21/h5-10,13-15,18-19,33H,11H2,1-4H3,(H,31,35)(H2,27,28,29)/t15-,18+,19+,23+,24+,40+/m0/s1. The average molecular weight is 578 g/mol. The van der Waals surface area contributed by atoms with E-state index in [0.717, 1.165) is 17.9 Å². The van der Waals surface area contributed by atoms with Crippen LogP contribution < -0.4 is 15.3 Å². The predicted octanol–water partition coefficient (Wildman–Crippen LogP) is 2.21. The van der Waals surface area contributed by atoms with Crippen molar-refractivity contribution in [2.24, 2.45) is 0 Å². The third-order valence-corrected chi connectivity index (χ3v) is 7.82. The number of para-hydroxylation sites is 1. The quantitative estimate of drug-likeness (QED) is 0.234.